The van der Waals surface area contributed by atoms with Crippen LogP contribution in [0, 0.1) is 6.92 Å². The van der Waals surface area contributed by atoms with E-state index in [-0.39, 0.29) is 0 Å². The van der Waals surface area contributed by atoms with Crippen LogP contribution >= 0.6 is 27.3 Å². The largest absolute Gasteiger partial charge is 0.398 e. The molecule has 0 atom stereocenters. The molecule has 0 bridgehead atoms. The Bertz CT molecular complexity index is 511. The van der Waals surface area contributed by atoms with Crippen molar-refractivity contribution in [3.05, 3.63) is 38.8 Å². The van der Waals surface area contributed by atoms with E-state index in [0.717, 1.165) is 33.6 Å². The summed E-state index contributed by atoms with van der Waals surface area (Å²) in [5, 5.41) is 2.06. The van der Waals surface area contributed by atoms with Crippen LogP contribution in [0.5, 0.6) is 0 Å². The molecule has 0 unspecified atom stereocenters. The Morgan fingerprint density at radius 1 is 1.47 bits per heavy atom. The highest BCUT2D eigenvalue weighted by molar-refractivity contribution is 9.10. The second kappa shape index (κ2) is 5.06. The molecular weight excluding hydrogens is 298 g/mol. The average molecular weight is 312 g/mol. The number of rotatable bonds is 3. The fourth-order valence-corrected chi connectivity index (χ4v) is 2.83. The first kappa shape index (κ1) is 12.4. The predicted molar refractivity (Wildman–Crippen MR) is 77.5 cm³/mol. The van der Waals surface area contributed by atoms with Crippen LogP contribution in [0.4, 0.5) is 11.4 Å². The lowest BCUT2D eigenvalue weighted by atomic mass is 10.1. The van der Waals surface area contributed by atoms with Crippen molar-refractivity contribution in [3.8, 4) is 0 Å². The molecule has 0 saturated heterocycles. The molecule has 0 radical (unpaired) electrons. The highest BCUT2D eigenvalue weighted by Crippen LogP contribution is 2.30. The van der Waals surface area contributed by atoms with E-state index < -0.39 is 0 Å². The normalized spacial score (nSPS) is 10.5. The third-order valence-corrected chi connectivity index (χ3v) is 3.90. The maximum Gasteiger partial charge on any atom is 0.0795 e. The number of aryl methyl sites for hydroxylation is 1. The SMILES string of the molecule is Cc1cc(N(C)Cc2cscn2)c(Br)cc1N. The first-order valence-corrected chi connectivity index (χ1v) is 6.95. The maximum absolute atomic E-state index is 5.87. The van der Waals surface area contributed by atoms with Gasteiger partial charge in [-0.05, 0) is 40.5 Å². The molecule has 90 valence electrons. The molecule has 1 aromatic heterocycles. The van der Waals surface area contributed by atoms with Gasteiger partial charge in [-0.3, -0.25) is 0 Å². The molecule has 2 rings (SSSR count). The van der Waals surface area contributed by atoms with E-state index in [4.69, 9.17) is 5.73 Å². The number of halogens is 1. The van der Waals surface area contributed by atoms with Crippen molar-refractivity contribution in [3.63, 3.8) is 0 Å². The fraction of sp³-hybridized carbons (Fsp3) is 0.250. The Labute approximate surface area is 113 Å². The minimum atomic E-state index is 0.797. The Morgan fingerprint density at radius 3 is 2.88 bits per heavy atom. The summed E-state index contributed by atoms with van der Waals surface area (Å²) in [5.74, 6) is 0. The smallest absolute Gasteiger partial charge is 0.0795 e. The van der Waals surface area contributed by atoms with Crippen LogP contribution in [0.25, 0.3) is 0 Å². The summed E-state index contributed by atoms with van der Waals surface area (Å²) in [6, 6.07) is 4.04. The zero-order valence-electron chi connectivity index (χ0n) is 9.77. The summed E-state index contributed by atoms with van der Waals surface area (Å²) < 4.78 is 1.01. The van der Waals surface area contributed by atoms with E-state index in [0.29, 0.717) is 0 Å². The van der Waals surface area contributed by atoms with Gasteiger partial charge >= 0.3 is 0 Å². The van der Waals surface area contributed by atoms with Gasteiger partial charge in [-0.15, -0.1) is 11.3 Å². The number of aromatic nitrogens is 1. The lowest BCUT2D eigenvalue weighted by Gasteiger charge is -2.21. The van der Waals surface area contributed by atoms with Crippen molar-refractivity contribution in [2.75, 3.05) is 17.7 Å². The number of hydrogen-bond donors (Lipinski definition) is 1. The van der Waals surface area contributed by atoms with Crippen LogP contribution < -0.4 is 10.6 Å². The molecule has 0 spiro atoms. The van der Waals surface area contributed by atoms with Gasteiger partial charge < -0.3 is 10.6 Å². The summed E-state index contributed by atoms with van der Waals surface area (Å²) >= 11 is 5.16. The van der Waals surface area contributed by atoms with Crippen LogP contribution in [0.15, 0.2) is 27.5 Å². The van der Waals surface area contributed by atoms with Crippen molar-refractivity contribution in [1.82, 2.24) is 4.98 Å². The molecule has 17 heavy (non-hydrogen) atoms. The van der Waals surface area contributed by atoms with Gasteiger partial charge in [0, 0.05) is 22.6 Å². The van der Waals surface area contributed by atoms with E-state index in [9.17, 15) is 0 Å². The summed E-state index contributed by atoms with van der Waals surface area (Å²) in [5.41, 5.74) is 11.8. The van der Waals surface area contributed by atoms with E-state index in [1.807, 2.05) is 18.5 Å². The Kier molecular flexibility index (Phi) is 3.69. The Hall–Kier alpha value is -1.07. The zero-order chi connectivity index (χ0) is 12.4. The van der Waals surface area contributed by atoms with Crippen molar-refractivity contribution >= 4 is 38.6 Å². The molecule has 1 aromatic carbocycles. The molecule has 0 aliphatic rings. The number of nitrogens with two attached hydrogens (primary N) is 1. The van der Waals surface area contributed by atoms with Gasteiger partial charge in [0.2, 0.25) is 0 Å². The molecule has 5 heteroatoms. The van der Waals surface area contributed by atoms with Crippen LogP contribution in [0.3, 0.4) is 0 Å². The number of nitrogens with zero attached hydrogens (tertiary/aromatic N) is 2. The highest BCUT2D eigenvalue weighted by Gasteiger charge is 2.09. The first-order chi connectivity index (χ1) is 8.08. The molecular formula is C12H14BrN3S. The summed E-state index contributed by atoms with van der Waals surface area (Å²) in [6.07, 6.45) is 0. The highest BCUT2D eigenvalue weighted by atomic mass is 79.9. The van der Waals surface area contributed by atoms with Gasteiger partial charge in [0.05, 0.1) is 23.4 Å². The van der Waals surface area contributed by atoms with E-state index >= 15 is 0 Å². The van der Waals surface area contributed by atoms with Gasteiger partial charge in [-0.1, -0.05) is 0 Å². The first-order valence-electron chi connectivity index (χ1n) is 5.21. The molecule has 2 aromatic rings. The predicted octanol–water partition coefficient (Wildman–Crippen LogP) is 3.43. The van der Waals surface area contributed by atoms with Crippen molar-refractivity contribution in [2.45, 2.75) is 13.5 Å². The molecule has 1 heterocycles. The van der Waals surface area contributed by atoms with Gasteiger partial charge in [-0.25, -0.2) is 4.98 Å². The van der Waals surface area contributed by atoms with Crippen LogP contribution in [0.1, 0.15) is 11.3 Å². The molecule has 2 N–H and O–H groups in total. The van der Waals surface area contributed by atoms with Gasteiger partial charge in [0.15, 0.2) is 0 Å². The second-order valence-electron chi connectivity index (χ2n) is 4.00. The van der Waals surface area contributed by atoms with Gasteiger partial charge in [-0.2, -0.15) is 0 Å². The lowest BCUT2D eigenvalue weighted by molar-refractivity contribution is 0.891. The minimum Gasteiger partial charge on any atom is -0.398 e. The minimum absolute atomic E-state index is 0.797. The molecule has 0 aliphatic carbocycles. The zero-order valence-corrected chi connectivity index (χ0v) is 12.2. The molecule has 0 amide bonds. The monoisotopic (exact) mass is 311 g/mol. The van der Waals surface area contributed by atoms with E-state index in [1.54, 1.807) is 11.3 Å². The topological polar surface area (TPSA) is 42.2 Å². The van der Waals surface area contributed by atoms with Crippen LogP contribution in [-0.2, 0) is 6.54 Å². The third kappa shape index (κ3) is 2.79. The van der Waals surface area contributed by atoms with Crippen molar-refractivity contribution < 1.29 is 0 Å². The quantitative estimate of drug-likeness (QED) is 0.883. The van der Waals surface area contributed by atoms with Crippen molar-refractivity contribution in [1.29, 1.82) is 0 Å². The number of benzene rings is 1. The summed E-state index contributed by atoms with van der Waals surface area (Å²) in [6.45, 7) is 2.81. The molecule has 0 aliphatic heterocycles. The van der Waals surface area contributed by atoms with E-state index in [1.165, 1.54) is 0 Å². The van der Waals surface area contributed by atoms with Gasteiger partial charge in [0.1, 0.15) is 0 Å². The van der Waals surface area contributed by atoms with Crippen molar-refractivity contribution in [2.24, 2.45) is 0 Å². The third-order valence-electron chi connectivity index (χ3n) is 2.63. The Morgan fingerprint density at radius 2 is 2.24 bits per heavy atom. The lowest BCUT2D eigenvalue weighted by Crippen LogP contribution is -2.17. The van der Waals surface area contributed by atoms with Crippen LogP contribution in [0.2, 0.25) is 0 Å². The number of thiazole rings is 1. The van der Waals surface area contributed by atoms with Crippen LogP contribution in [-0.4, -0.2) is 12.0 Å². The summed E-state index contributed by atoms with van der Waals surface area (Å²) in [4.78, 5) is 6.45. The fourth-order valence-electron chi connectivity index (χ4n) is 1.62. The maximum atomic E-state index is 5.87. The standard InChI is InChI=1S/C12H14BrN3S/c1-8-3-12(10(13)4-11(8)14)16(2)5-9-6-17-7-15-9/h3-4,6-7H,5,14H2,1-2H3. The molecule has 3 nitrogen and oxygen atoms in total. The Balaban J connectivity index is 2.24. The number of nitrogen functional groups attached to an aromatic ring is 1. The van der Waals surface area contributed by atoms with E-state index in [2.05, 4.69) is 44.3 Å². The average Bonchev–Trinajstić information content (AvgIpc) is 2.76. The molecule has 0 saturated carbocycles. The van der Waals surface area contributed by atoms with Gasteiger partial charge in [0.25, 0.3) is 0 Å². The number of hydrogen-bond acceptors (Lipinski definition) is 4. The molecule has 0 fully saturated rings. The summed E-state index contributed by atoms with van der Waals surface area (Å²) in [7, 11) is 2.05. The number of anilines is 2. The second-order valence-corrected chi connectivity index (χ2v) is 5.57.